The third-order valence-corrected chi connectivity index (χ3v) is 4.51. The van der Waals surface area contributed by atoms with E-state index in [1.54, 1.807) is 25.0 Å². The van der Waals surface area contributed by atoms with Gasteiger partial charge in [0.25, 0.3) is 5.91 Å². The number of aryl methyl sites for hydroxylation is 1. The minimum Gasteiger partial charge on any atom is -0.481 e. The van der Waals surface area contributed by atoms with E-state index in [1.165, 1.54) is 11.8 Å². The number of carboxylic acids is 1. The Hall–Kier alpha value is -1.83. The molecule has 2 unspecified atom stereocenters. The summed E-state index contributed by atoms with van der Waals surface area (Å²) < 4.78 is 0. The van der Waals surface area contributed by atoms with Gasteiger partial charge in [0, 0.05) is 18.3 Å². The van der Waals surface area contributed by atoms with Crippen LogP contribution in [0.5, 0.6) is 0 Å². The molecule has 1 aliphatic rings. The largest absolute Gasteiger partial charge is 0.481 e. The number of aromatic amines is 1. The van der Waals surface area contributed by atoms with Gasteiger partial charge in [0.15, 0.2) is 0 Å². The molecule has 1 aromatic heterocycles. The zero-order valence-electron chi connectivity index (χ0n) is 12.0. The van der Waals surface area contributed by atoms with E-state index in [0.717, 1.165) is 0 Å². The molecule has 114 valence electrons. The molecule has 0 aromatic carbocycles. The van der Waals surface area contributed by atoms with E-state index in [9.17, 15) is 14.4 Å². The van der Waals surface area contributed by atoms with E-state index in [1.807, 2.05) is 0 Å². The van der Waals surface area contributed by atoms with Crippen molar-refractivity contribution >= 4 is 23.6 Å². The fourth-order valence-corrected chi connectivity index (χ4v) is 3.28. The number of hydrogen-bond donors (Lipinski definition) is 2. The Balaban J connectivity index is 2.38. The molecule has 0 bridgehead atoms. The SMILES string of the molecule is CSc1nc(=O)[nH]c(C)c1C(=O)N1CCC(C(=O)O)C1C. The number of nitrogens with zero attached hydrogens (tertiary/aromatic N) is 2. The smallest absolute Gasteiger partial charge is 0.346 e. The van der Waals surface area contributed by atoms with Gasteiger partial charge in [-0.25, -0.2) is 4.79 Å². The van der Waals surface area contributed by atoms with Crippen LogP contribution < -0.4 is 5.69 Å². The van der Waals surface area contributed by atoms with Gasteiger partial charge in [-0.1, -0.05) is 0 Å². The maximum atomic E-state index is 12.7. The summed E-state index contributed by atoms with van der Waals surface area (Å²) in [5.74, 6) is -1.72. The summed E-state index contributed by atoms with van der Waals surface area (Å²) in [5, 5.41) is 9.51. The average molecular weight is 311 g/mol. The van der Waals surface area contributed by atoms with E-state index in [4.69, 9.17) is 5.11 Å². The Bertz CT molecular complexity index is 643. The summed E-state index contributed by atoms with van der Waals surface area (Å²) >= 11 is 1.22. The molecule has 2 heterocycles. The van der Waals surface area contributed by atoms with Crippen molar-refractivity contribution in [2.75, 3.05) is 12.8 Å². The van der Waals surface area contributed by atoms with Crippen LogP contribution in [0.3, 0.4) is 0 Å². The second-order valence-electron chi connectivity index (χ2n) is 5.02. The Labute approximate surface area is 125 Å². The van der Waals surface area contributed by atoms with Gasteiger partial charge < -0.3 is 15.0 Å². The highest BCUT2D eigenvalue weighted by molar-refractivity contribution is 7.98. The van der Waals surface area contributed by atoms with Crippen LogP contribution in [0.4, 0.5) is 0 Å². The predicted molar refractivity (Wildman–Crippen MR) is 77.6 cm³/mol. The molecule has 0 spiro atoms. The zero-order chi connectivity index (χ0) is 15.7. The van der Waals surface area contributed by atoms with Crippen LogP contribution in [0.2, 0.25) is 0 Å². The van der Waals surface area contributed by atoms with Crippen molar-refractivity contribution in [3.8, 4) is 0 Å². The molecule has 1 amide bonds. The number of carbonyl (C=O) groups is 2. The lowest BCUT2D eigenvalue weighted by molar-refractivity contribution is -0.142. The number of rotatable bonds is 3. The Morgan fingerprint density at radius 1 is 1.48 bits per heavy atom. The van der Waals surface area contributed by atoms with E-state index < -0.39 is 17.6 Å². The first-order valence-corrected chi connectivity index (χ1v) is 7.78. The zero-order valence-corrected chi connectivity index (χ0v) is 12.9. The highest BCUT2D eigenvalue weighted by Crippen LogP contribution is 2.28. The van der Waals surface area contributed by atoms with E-state index in [2.05, 4.69) is 9.97 Å². The van der Waals surface area contributed by atoms with Crippen molar-refractivity contribution in [2.45, 2.75) is 31.3 Å². The van der Waals surface area contributed by atoms with Gasteiger partial charge in [0.1, 0.15) is 5.03 Å². The molecule has 8 heteroatoms. The van der Waals surface area contributed by atoms with E-state index >= 15 is 0 Å². The number of H-pyrrole nitrogens is 1. The number of thioether (sulfide) groups is 1. The standard InChI is InChI=1S/C13H17N3O4S/c1-6-9(10(21-3)15-13(20)14-6)11(17)16-5-4-8(7(16)2)12(18)19/h7-8H,4-5H2,1-3H3,(H,18,19)(H,14,15,20). The molecule has 0 aliphatic carbocycles. The predicted octanol–water partition coefficient (Wildman–Crippen LogP) is 0.735. The number of carboxylic acid groups (broad SMARTS) is 1. The minimum absolute atomic E-state index is 0.281. The number of carbonyl (C=O) groups excluding carboxylic acids is 1. The fourth-order valence-electron chi connectivity index (χ4n) is 2.66. The number of hydrogen-bond acceptors (Lipinski definition) is 5. The van der Waals surface area contributed by atoms with Crippen molar-refractivity contribution in [2.24, 2.45) is 5.92 Å². The van der Waals surface area contributed by atoms with Gasteiger partial charge in [0.2, 0.25) is 0 Å². The summed E-state index contributed by atoms with van der Waals surface area (Å²) in [6.07, 6.45) is 2.18. The van der Waals surface area contributed by atoms with Crippen LogP contribution in [-0.2, 0) is 4.79 Å². The Kier molecular flexibility index (Phi) is 4.36. The van der Waals surface area contributed by atoms with Crippen LogP contribution in [0, 0.1) is 12.8 Å². The van der Waals surface area contributed by atoms with Crippen molar-refractivity contribution in [1.82, 2.24) is 14.9 Å². The van der Waals surface area contributed by atoms with Crippen molar-refractivity contribution in [3.63, 3.8) is 0 Å². The molecule has 1 saturated heterocycles. The molecule has 0 saturated carbocycles. The average Bonchev–Trinajstić information content (AvgIpc) is 2.79. The maximum Gasteiger partial charge on any atom is 0.346 e. The molecule has 1 aliphatic heterocycles. The molecule has 2 rings (SSSR count). The summed E-state index contributed by atoms with van der Waals surface area (Å²) in [6.45, 7) is 3.77. The molecule has 2 atom stereocenters. The van der Waals surface area contributed by atoms with Gasteiger partial charge in [0.05, 0.1) is 11.5 Å². The number of amides is 1. The van der Waals surface area contributed by atoms with E-state index in [-0.39, 0.29) is 11.9 Å². The first-order chi connectivity index (χ1) is 9.86. The first kappa shape index (κ1) is 15.6. The van der Waals surface area contributed by atoms with Crippen molar-refractivity contribution in [3.05, 3.63) is 21.7 Å². The molecule has 7 nitrogen and oxygen atoms in total. The lowest BCUT2D eigenvalue weighted by Gasteiger charge is -2.24. The summed E-state index contributed by atoms with van der Waals surface area (Å²) in [4.78, 5) is 43.1. The molecule has 1 aromatic rings. The van der Waals surface area contributed by atoms with Crippen molar-refractivity contribution < 1.29 is 14.7 Å². The molecular weight excluding hydrogens is 294 g/mol. The third kappa shape index (κ3) is 2.80. The Morgan fingerprint density at radius 2 is 2.14 bits per heavy atom. The second kappa shape index (κ2) is 5.88. The van der Waals surface area contributed by atoms with Gasteiger partial charge in [-0.3, -0.25) is 9.59 Å². The highest BCUT2D eigenvalue weighted by atomic mass is 32.2. The number of nitrogens with one attached hydrogen (secondary N) is 1. The quantitative estimate of drug-likeness (QED) is 0.630. The topological polar surface area (TPSA) is 103 Å². The van der Waals surface area contributed by atoms with Crippen LogP contribution in [-0.4, -0.2) is 50.7 Å². The number of likely N-dealkylation sites (tertiary alicyclic amines) is 1. The number of aliphatic carboxylic acids is 1. The molecule has 1 fully saturated rings. The van der Waals surface area contributed by atoms with Crippen molar-refractivity contribution in [1.29, 1.82) is 0 Å². The lowest BCUT2D eigenvalue weighted by atomic mass is 10.0. The van der Waals surface area contributed by atoms with Crippen LogP contribution in [0.1, 0.15) is 29.4 Å². The van der Waals surface area contributed by atoms with Gasteiger partial charge in [-0.2, -0.15) is 4.98 Å². The fraction of sp³-hybridized carbons (Fsp3) is 0.538. The molecular formula is C13H17N3O4S. The molecule has 0 radical (unpaired) electrons. The minimum atomic E-state index is -0.890. The molecule has 2 N–H and O–H groups in total. The maximum absolute atomic E-state index is 12.7. The van der Waals surface area contributed by atoms with Crippen LogP contribution >= 0.6 is 11.8 Å². The summed E-state index contributed by atoms with van der Waals surface area (Å²) in [5.41, 5.74) is 0.307. The second-order valence-corrected chi connectivity index (χ2v) is 5.82. The third-order valence-electron chi connectivity index (χ3n) is 3.83. The summed E-state index contributed by atoms with van der Waals surface area (Å²) in [7, 11) is 0. The lowest BCUT2D eigenvalue weighted by Crippen LogP contribution is -2.38. The van der Waals surface area contributed by atoms with Gasteiger partial charge in [-0.15, -0.1) is 11.8 Å². The van der Waals surface area contributed by atoms with Gasteiger partial charge >= 0.3 is 11.7 Å². The number of aromatic nitrogens is 2. The van der Waals surface area contributed by atoms with Crippen LogP contribution in [0.25, 0.3) is 0 Å². The molecule has 21 heavy (non-hydrogen) atoms. The van der Waals surface area contributed by atoms with Crippen LogP contribution in [0.15, 0.2) is 9.82 Å². The normalized spacial score (nSPS) is 21.6. The van der Waals surface area contributed by atoms with Gasteiger partial charge in [-0.05, 0) is 26.5 Å². The first-order valence-electron chi connectivity index (χ1n) is 6.55. The highest BCUT2D eigenvalue weighted by Gasteiger charge is 2.39. The monoisotopic (exact) mass is 311 g/mol. The summed E-state index contributed by atoms with van der Waals surface area (Å²) in [6, 6.07) is -0.379. The van der Waals surface area contributed by atoms with E-state index in [0.29, 0.717) is 29.2 Å². The Morgan fingerprint density at radius 3 is 2.67 bits per heavy atom.